The van der Waals surface area contributed by atoms with Gasteiger partial charge in [0.25, 0.3) is 0 Å². The summed E-state index contributed by atoms with van der Waals surface area (Å²) < 4.78 is 6.53. The Kier molecular flexibility index (Phi) is 4.65. The maximum Gasteiger partial charge on any atom is 0.151 e. The highest BCUT2D eigenvalue weighted by molar-refractivity contribution is 9.10. The zero-order valence-electron chi connectivity index (χ0n) is 7.57. The lowest BCUT2D eigenvalue weighted by Crippen LogP contribution is -2.46. The summed E-state index contributed by atoms with van der Waals surface area (Å²) in [6.45, 7) is 1.84. The molecule has 1 aliphatic heterocycles. The van der Waals surface area contributed by atoms with E-state index in [1.54, 1.807) is 12.4 Å². The molecule has 0 spiro atoms. The summed E-state index contributed by atoms with van der Waals surface area (Å²) in [4.78, 5) is 3.99. The van der Waals surface area contributed by atoms with Crippen LogP contribution in [0.2, 0.25) is 0 Å². The Morgan fingerprint density at radius 1 is 1.64 bits per heavy atom. The monoisotopic (exact) mass is 278 g/mol. The van der Waals surface area contributed by atoms with Crippen molar-refractivity contribution in [3.05, 3.63) is 22.9 Å². The fourth-order valence-electron chi connectivity index (χ4n) is 1.15. The van der Waals surface area contributed by atoms with Gasteiger partial charge < -0.3 is 10.1 Å². The van der Waals surface area contributed by atoms with Crippen molar-refractivity contribution in [2.24, 2.45) is 0 Å². The van der Waals surface area contributed by atoms with Crippen LogP contribution in [-0.2, 0) is 0 Å². The third-order valence-electron chi connectivity index (χ3n) is 2.10. The van der Waals surface area contributed by atoms with Gasteiger partial charge in [-0.25, -0.2) is 0 Å². The highest BCUT2D eigenvalue weighted by Gasteiger charge is 2.16. The Balaban J connectivity index is 0.000000980. The van der Waals surface area contributed by atoms with Crippen LogP contribution in [0.5, 0.6) is 5.75 Å². The van der Waals surface area contributed by atoms with E-state index >= 15 is 0 Å². The molecule has 1 aliphatic rings. The van der Waals surface area contributed by atoms with Crippen LogP contribution in [0.15, 0.2) is 22.9 Å². The third-order valence-corrected chi connectivity index (χ3v) is 2.76. The third kappa shape index (κ3) is 2.83. The molecule has 1 fully saturated rings. The number of hydrogen-bond donors (Lipinski definition) is 1. The van der Waals surface area contributed by atoms with Gasteiger partial charge in [0.1, 0.15) is 6.61 Å². The van der Waals surface area contributed by atoms with Crippen LogP contribution in [0, 0.1) is 0 Å². The summed E-state index contributed by atoms with van der Waals surface area (Å²) in [6.07, 6.45) is 4.67. The molecule has 0 aromatic carbocycles. The van der Waals surface area contributed by atoms with Crippen LogP contribution in [0.1, 0.15) is 6.42 Å². The van der Waals surface area contributed by atoms with Gasteiger partial charge in [-0.15, -0.1) is 12.4 Å². The van der Waals surface area contributed by atoms with Crippen molar-refractivity contribution in [3.63, 3.8) is 0 Å². The van der Waals surface area contributed by atoms with Crippen LogP contribution < -0.4 is 10.1 Å². The van der Waals surface area contributed by atoms with Crippen molar-refractivity contribution in [2.45, 2.75) is 12.5 Å². The Bertz CT molecular complexity index is 294. The molecule has 1 aromatic heterocycles. The Labute approximate surface area is 97.8 Å². The van der Waals surface area contributed by atoms with Crippen LogP contribution in [-0.4, -0.2) is 24.2 Å². The number of ether oxygens (including phenoxy) is 1. The fourth-order valence-corrected chi connectivity index (χ4v) is 1.49. The van der Waals surface area contributed by atoms with E-state index in [1.165, 1.54) is 6.42 Å². The molecule has 0 unspecified atom stereocenters. The number of nitrogens with one attached hydrogen (secondary N) is 1. The van der Waals surface area contributed by atoms with Gasteiger partial charge in [0.05, 0.1) is 10.7 Å². The molecule has 0 radical (unpaired) electrons. The first kappa shape index (κ1) is 11.8. The zero-order valence-corrected chi connectivity index (χ0v) is 9.97. The van der Waals surface area contributed by atoms with Crippen molar-refractivity contribution < 1.29 is 4.74 Å². The predicted molar refractivity (Wildman–Crippen MR) is 61.1 cm³/mol. The number of nitrogens with zero attached hydrogens (tertiary/aromatic N) is 1. The van der Waals surface area contributed by atoms with Gasteiger partial charge in [-0.2, -0.15) is 0 Å². The number of hydrogen-bond acceptors (Lipinski definition) is 3. The topological polar surface area (TPSA) is 34.1 Å². The van der Waals surface area contributed by atoms with Gasteiger partial charge in [-0.3, -0.25) is 4.98 Å². The number of halogens is 2. The normalized spacial score (nSPS) is 19.4. The number of pyridine rings is 1. The van der Waals surface area contributed by atoms with E-state index in [2.05, 4.69) is 26.2 Å². The Hall–Kier alpha value is -0.320. The second-order valence-corrected chi connectivity index (χ2v) is 3.91. The minimum absolute atomic E-state index is 0. The first-order chi connectivity index (χ1) is 6.36. The molecule has 1 N–H and O–H groups in total. The molecule has 1 atom stereocenters. The number of rotatable bonds is 3. The van der Waals surface area contributed by atoms with Crippen molar-refractivity contribution in [3.8, 4) is 5.75 Å². The van der Waals surface area contributed by atoms with Crippen molar-refractivity contribution in [1.29, 1.82) is 0 Å². The smallest absolute Gasteiger partial charge is 0.151 e. The van der Waals surface area contributed by atoms with Crippen molar-refractivity contribution >= 4 is 28.3 Å². The summed E-state index contributed by atoms with van der Waals surface area (Å²) in [6, 6.07) is 2.40. The van der Waals surface area contributed by atoms with Gasteiger partial charge in [0.2, 0.25) is 0 Å². The summed E-state index contributed by atoms with van der Waals surface area (Å²) in [5.74, 6) is 0.816. The molecule has 14 heavy (non-hydrogen) atoms. The first-order valence-electron chi connectivity index (χ1n) is 4.32. The molecule has 0 aliphatic carbocycles. The highest BCUT2D eigenvalue weighted by Crippen LogP contribution is 2.22. The van der Waals surface area contributed by atoms with Crippen LogP contribution in [0.3, 0.4) is 0 Å². The molecule has 0 amide bonds. The molecule has 1 saturated heterocycles. The largest absolute Gasteiger partial charge is 0.489 e. The van der Waals surface area contributed by atoms with Crippen LogP contribution in [0.4, 0.5) is 0 Å². The summed E-state index contributed by atoms with van der Waals surface area (Å²) in [5, 5.41) is 3.27. The van der Waals surface area contributed by atoms with E-state index in [9.17, 15) is 0 Å². The SMILES string of the molecule is Brc1ccncc1OC[C@@H]1CCN1.Cl. The first-order valence-corrected chi connectivity index (χ1v) is 5.11. The standard InChI is InChI=1S/C9H11BrN2O.ClH/c10-8-2-3-11-5-9(8)13-6-7-1-4-12-7;/h2-3,5,7,12H,1,4,6H2;1H/t7-;/m0./s1. The number of aromatic nitrogens is 1. The molecule has 3 nitrogen and oxygen atoms in total. The maximum absolute atomic E-state index is 5.57. The molecular formula is C9H12BrClN2O. The van der Waals surface area contributed by atoms with E-state index in [0.29, 0.717) is 6.04 Å². The van der Waals surface area contributed by atoms with E-state index in [0.717, 1.165) is 23.4 Å². The lowest BCUT2D eigenvalue weighted by Gasteiger charge is -2.27. The predicted octanol–water partition coefficient (Wildman–Crippen LogP) is 2.01. The minimum Gasteiger partial charge on any atom is -0.489 e. The fraction of sp³-hybridized carbons (Fsp3) is 0.444. The Morgan fingerprint density at radius 2 is 2.43 bits per heavy atom. The molecular weight excluding hydrogens is 267 g/mol. The average Bonchev–Trinajstić information content (AvgIpc) is 2.05. The molecule has 1 aromatic rings. The summed E-state index contributed by atoms with van der Waals surface area (Å²) >= 11 is 3.40. The van der Waals surface area contributed by atoms with Gasteiger partial charge >= 0.3 is 0 Å². The maximum atomic E-state index is 5.57. The molecule has 78 valence electrons. The zero-order chi connectivity index (χ0) is 9.10. The summed E-state index contributed by atoms with van der Waals surface area (Å²) in [5.41, 5.74) is 0. The second kappa shape index (κ2) is 5.53. The minimum atomic E-state index is 0. The van der Waals surface area contributed by atoms with Crippen LogP contribution >= 0.6 is 28.3 Å². The Morgan fingerprint density at radius 3 is 3.00 bits per heavy atom. The quantitative estimate of drug-likeness (QED) is 0.919. The van der Waals surface area contributed by atoms with Gasteiger partial charge in [-0.05, 0) is 35.0 Å². The molecule has 5 heteroatoms. The van der Waals surface area contributed by atoms with E-state index in [1.807, 2.05) is 6.07 Å². The van der Waals surface area contributed by atoms with Crippen molar-refractivity contribution in [1.82, 2.24) is 10.3 Å². The van der Waals surface area contributed by atoms with Crippen LogP contribution in [0.25, 0.3) is 0 Å². The molecule has 0 bridgehead atoms. The highest BCUT2D eigenvalue weighted by atomic mass is 79.9. The molecule has 0 saturated carbocycles. The van der Waals surface area contributed by atoms with Gasteiger partial charge in [0.15, 0.2) is 5.75 Å². The summed E-state index contributed by atoms with van der Waals surface area (Å²) in [7, 11) is 0. The lowest BCUT2D eigenvalue weighted by atomic mass is 10.1. The van der Waals surface area contributed by atoms with E-state index in [-0.39, 0.29) is 12.4 Å². The second-order valence-electron chi connectivity index (χ2n) is 3.06. The van der Waals surface area contributed by atoms with E-state index in [4.69, 9.17) is 4.74 Å². The average molecular weight is 280 g/mol. The van der Waals surface area contributed by atoms with Crippen molar-refractivity contribution in [2.75, 3.05) is 13.2 Å². The lowest BCUT2D eigenvalue weighted by molar-refractivity contribution is 0.216. The van der Waals surface area contributed by atoms with Gasteiger partial charge in [-0.1, -0.05) is 0 Å². The van der Waals surface area contributed by atoms with E-state index < -0.39 is 0 Å². The molecule has 2 heterocycles. The van der Waals surface area contributed by atoms with Gasteiger partial charge in [0, 0.05) is 12.2 Å². The molecule has 2 rings (SSSR count).